The van der Waals surface area contributed by atoms with E-state index in [2.05, 4.69) is 21.2 Å². The van der Waals surface area contributed by atoms with Gasteiger partial charge in [0, 0.05) is 17.7 Å². The SMILES string of the molecule is C#CCN(C(=O)C(CSCCC(F)(F)F)=NOCC)c1cn(-c2cccnc2)nc1Cl. The van der Waals surface area contributed by atoms with E-state index in [1.807, 2.05) is 0 Å². The quantitative estimate of drug-likeness (QED) is 0.226. The first kappa shape index (κ1) is 24.6. The van der Waals surface area contributed by atoms with Gasteiger partial charge in [-0.2, -0.15) is 30.0 Å². The van der Waals surface area contributed by atoms with Crippen LogP contribution in [0.4, 0.5) is 18.9 Å². The zero-order valence-electron chi connectivity index (χ0n) is 16.5. The molecule has 0 aromatic carbocycles. The van der Waals surface area contributed by atoms with Crippen LogP contribution in [0, 0.1) is 12.3 Å². The summed E-state index contributed by atoms with van der Waals surface area (Å²) in [5, 5.41) is 7.95. The molecule has 0 aliphatic carbocycles. The number of pyridine rings is 1. The predicted molar refractivity (Wildman–Crippen MR) is 115 cm³/mol. The molecule has 0 bridgehead atoms. The number of hydrogen-bond donors (Lipinski definition) is 0. The summed E-state index contributed by atoms with van der Waals surface area (Å²) in [6.45, 7) is 1.69. The summed E-state index contributed by atoms with van der Waals surface area (Å²) in [6.07, 6.45) is 4.81. The van der Waals surface area contributed by atoms with E-state index < -0.39 is 18.5 Å². The number of rotatable bonds is 10. The van der Waals surface area contributed by atoms with E-state index in [0.717, 1.165) is 11.8 Å². The summed E-state index contributed by atoms with van der Waals surface area (Å²) < 4.78 is 38.6. The van der Waals surface area contributed by atoms with E-state index in [0.29, 0.717) is 5.69 Å². The Kier molecular flexibility index (Phi) is 9.21. The van der Waals surface area contributed by atoms with Gasteiger partial charge in [0.1, 0.15) is 12.3 Å². The molecular formula is C19H19ClF3N5O2S. The highest BCUT2D eigenvalue weighted by Crippen LogP contribution is 2.27. The summed E-state index contributed by atoms with van der Waals surface area (Å²) >= 11 is 7.15. The van der Waals surface area contributed by atoms with Crippen molar-refractivity contribution in [1.29, 1.82) is 0 Å². The molecule has 7 nitrogen and oxygen atoms in total. The highest BCUT2D eigenvalue weighted by atomic mass is 35.5. The summed E-state index contributed by atoms with van der Waals surface area (Å²) in [7, 11) is 0. The molecule has 0 fully saturated rings. The van der Waals surface area contributed by atoms with Gasteiger partial charge in [0.05, 0.1) is 31.0 Å². The van der Waals surface area contributed by atoms with Gasteiger partial charge in [-0.1, -0.05) is 22.7 Å². The van der Waals surface area contributed by atoms with Crippen LogP contribution in [0.5, 0.6) is 0 Å². The molecule has 0 radical (unpaired) electrons. The van der Waals surface area contributed by atoms with Crippen LogP contribution in [-0.4, -0.2) is 57.2 Å². The van der Waals surface area contributed by atoms with Gasteiger partial charge in [-0.15, -0.1) is 6.42 Å². The van der Waals surface area contributed by atoms with Crippen LogP contribution < -0.4 is 4.90 Å². The summed E-state index contributed by atoms with van der Waals surface area (Å²) in [6, 6.07) is 3.45. The van der Waals surface area contributed by atoms with Crippen molar-refractivity contribution < 1.29 is 22.8 Å². The average Bonchev–Trinajstić information content (AvgIpc) is 3.12. The second-order valence-corrected chi connectivity index (χ2v) is 7.39. The number of carbonyl (C=O) groups is 1. The zero-order valence-corrected chi connectivity index (χ0v) is 18.0. The molecule has 2 heterocycles. The van der Waals surface area contributed by atoms with E-state index in [-0.39, 0.29) is 41.2 Å². The number of oxime groups is 1. The molecule has 0 aliphatic rings. The summed E-state index contributed by atoms with van der Waals surface area (Å²) in [4.78, 5) is 23.3. The van der Waals surface area contributed by atoms with Crippen LogP contribution in [0.2, 0.25) is 5.15 Å². The van der Waals surface area contributed by atoms with Crippen LogP contribution in [0.3, 0.4) is 0 Å². The maximum absolute atomic E-state index is 13.1. The number of aromatic nitrogens is 3. The number of hydrogen-bond acceptors (Lipinski definition) is 6. The third-order valence-electron chi connectivity index (χ3n) is 3.67. The van der Waals surface area contributed by atoms with Crippen molar-refractivity contribution in [3.05, 3.63) is 35.9 Å². The van der Waals surface area contributed by atoms with Crippen molar-refractivity contribution in [2.75, 3.05) is 29.6 Å². The standard InChI is InChI=1S/C19H19ClF3N5O2S/c1-3-9-27(16-12-28(25-17(16)20)14-6-5-8-24-11-14)18(29)15(26-30-4-2)13-31-10-7-19(21,22)23/h1,5-6,8,11-12H,4,7,9-10,13H2,2H3. The number of halogens is 4. The molecule has 0 N–H and O–H groups in total. The van der Waals surface area contributed by atoms with Gasteiger partial charge in [0.25, 0.3) is 5.91 Å². The average molecular weight is 474 g/mol. The molecule has 31 heavy (non-hydrogen) atoms. The van der Waals surface area contributed by atoms with Crippen molar-refractivity contribution in [2.45, 2.75) is 19.5 Å². The number of anilines is 1. The minimum absolute atomic E-state index is 0.00735. The highest BCUT2D eigenvalue weighted by molar-refractivity contribution is 8.00. The van der Waals surface area contributed by atoms with Gasteiger partial charge >= 0.3 is 6.18 Å². The predicted octanol–water partition coefficient (Wildman–Crippen LogP) is 3.97. The Bertz CT molecular complexity index is 944. The molecule has 0 saturated carbocycles. The molecule has 0 aliphatic heterocycles. The van der Waals surface area contributed by atoms with Crippen molar-refractivity contribution in [3.63, 3.8) is 0 Å². The van der Waals surface area contributed by atoms with Crippen molar-refractivity contribution in [3.8, 4) is 18.0 Å². The number of amides is 1. The first-order chi connectivity index (χ1) is 14.8. The zero-order chi connectivity index (χ0) is 22.9. The molecule has 2 rings (SSSR count). The van der Waals surface area contributed by atoms with E-state index in [1.54, 1.807) is 31.5 Å². The highest BCUT2D eigenvalue weighted by Gasteiger charge is 2.28. The molecule has 0 atom stereocenters. The Labute approximate surface area is 186 Å². The van der Waals surface area contributed by atoms with Crippen LogP contribution in [0.25, 0.3) is 5.69 Å². The van der Waals surface area contributed by atoms with E-state index in [9.17, 15) is 18.0 Å². The van der Waals surface area contributed by atoms with Crippen LogP contribution in [0.1, 0.15) is 13.3 Å². The lowest BCUT2D eigenvalue weighted by atomic mass is 10.3. The fourth-order valence-corrected chi connectivity index (χ4v) is 3.41. The lowest BCUT2D eigenvalue weighted by molar-refractivity contribution is -0.129. The van der Waals surface area contributed by atoms with E-state index in [4.69, 9.17) is 22.9 Å². The minimum Gasteiger partial charge on any atom is -0.396 e. The van der Waals surface area contributed by atoms with Crippen LogP contribution >= 0.6 is 23.4 Å². The number of carbonyl (C=O) groups excluding carboxylic acids is 1. The number of thioether (sulfide) groups is 1. The second-order valence-electron chi connectivity index (χ2n) is 5.93. The molecule has 1 amide bonds. The lowest BCUT2D eigenvalue weighted by Gasteiger charge is -2.19. The molecule has 12 heteroatoms. The van der Waals surface area contributed by atoms with Crippen molar-refractivity contribution in [1.82, 2.24) is 14.8 Å². The Morgan fingerprint density at radius 1 is 1.48 bits per heavy atom. The van der Waals surface area contributed by atoms with Crippen LogP contribution in [-0.2, 0) is 9.63 Å². The molecule has 2 aromatic rings. The van der Waals surface area contributed by atoms with Gasteiger partial charge in [0.2, 0.25) is 0 Å². The Balaban J connectivity index is 2.25. The Morgan fingerprint density at radius 3 is 2.87 bits per heavy atom. The van der Waals surface area contributed by atoms with Gasteiger partial charge in [0.15, 0.2) is 10.9 Å². The third-order valence-corrected chi connectivity index (χ3v) is 4.91. The topological polar surface area (TPSA) is 72.6 Å². The number of terminal acetylenes is 1. The van der Waals surface area contributed by atoms with Gasteiger partial charge < -0.3 is 4.84 Å². The fourth-order valence-electron chi connectivity index (χ4n) is 2.29. The van der Waals surface area contributed by atoms with Crippen LogP contribution in [0.15, 0.2) is 35.9 Å². The molecular weight excluding hydrogens is 455 g/mol. The second kappa shape index (κ2) is 11.6. The molecule has 166 valence electrons. The maximum Gasteiger partial charge on any atom is 0.389 e. The Morgan fingerprint density at radius 2 is 2.26 bits per heavy atom. The molecule has 2 aromatic heterocycles. The molecule has 0 saturated heterocycles. The van der Waals surface area contributed by atoms with Gasteiger partial charge in [-0.25, -0.2) is 4.68 Å². The first-order valence-electron chi connectivity index (χ1n) is 9.01. The summed E-state index contributed by atoms with van der Waals surface area (Å²) in [5.41, 5.74) is 0.738. The monoisotopic (exact) mass is 473 g/mol. The summed E-state index contributed by atoms with van der Waals surface area (Å²) in [5.74, 6) is 1.41. The minimum atomic E-state index is -4.28. The number of alkyl halides is 3. The fraction of sp³-hybridized carbons (Fsp3) is 0.368. The van der Waals surface area contributed by atoms with Crippen molar-refractivity contribution >= 4 is 40.7 Å². The largest absolute Gasteiger partial charge is 0.396 e. The number of nitrogens with zero attached hydrogens (tertiary/aromatic N) is 5. The van der Waals surface area contributed by atoms with E-state index >= 15 is 0 Å². The third kappa shape index (κ3) is 7.48. The molecule has 0 spiro atoms. The maximum atomic E-state index is 13.1. The first-order valence-corrected chi connectivity index (χ1v) is 10.5. The normalized spacial score (nSPS) is 11.8. The van der Waals surface area contributed by atoms with Gasteiger partial charge in [-0.3, -0.25) is 14.7 Å². The molecule has 0 unspecified atom stereocenters. The van der Waals surface area contributed by atoms with E-state index in [1.165, 1.54) is 15.8 Å². The van der Waals surface area contributed by atoms with Gasteiger partial charge in [-0.05, 0) is 19.1 Å². The lowest BCUT2D eigenvalue weighted by Crippen LogP contribution is -2.38. The Hall–Kier alpha value is -2.71. The van der Waals surface area contributed by atoms with Crippen molar-refractivity contribution in [2.24, 2.45) is 5.16 Å². The smallest absolute Gasteiger partial charge is 0.389 e.